The van der Waals surface area contributed by atoms with E-state index in [0.29, 0.717) is 18.0 Å². The molecule has 132 valence electrons. The molecule has 1 aliphatic rings. The van der Waals surface area contributed by atoms with Crippen LogP contribution in [0.15, 0.2) is 18.3 Å². The molecule has 1 atom stereocenters. The molecule has 0 aromatic carbocycles. The normalized spacial score (nSPS) is 14.2. The van der Waals surface area contributed by atoms with Crippen LogP contribution in [0.3, 0.4) is 0 Å². The molecule has 1 aromatic heterocycles. The zero-order valence-electron chi connectivity index (χ0n) is 13.8. The molecule has 0 radical (unpaired) electrons. The number of anilines is 1. The molecule has 1 aromatic rings. The predicted octanol–water partition coefficient (Wildman–Crippen LogP) is 2.63. The highest BCUT2D eigenvalue weighted by Gasteiger charge is 2.28. The largest absolute Gasteiger partial charge is 0.357 e. The van der Waals surface area contributed by atoms with E-state index in [9.17, 15) is 4.79 Å². The van der Waals surface area contributed by atoms with E-state index in [2.05, 4.69) is 29.0 Å². The smallest absolute Gasteiger partial charge is 0.252 e. The number of nitrogens with one attached hydrogen (secondary N) is 1. The molecule has 1 aliphatic carbocycles. The van der Waals surface area contributed by atoms with E-state index in [1.165, 1.54) is 12.8 Å². The fourth-order valence-electron chi connectivity index (χ4n) is 2.42. The quantitative estimate of drug-likeness (QED) is 0.745. The molecule has 1 amide bonds. The second-order valence-corrected chi connectivity index (χ2v) is 5.70. The Balaban J connectivity index is 0.00000242. The Bertz CT molecular complexity index is 466. The lowest BCUT2D eigenvalue weighted by molar-refractivity contribution is 0.0950. The standard InChI is InChI=1S/C16H26N4O.2ClH/c1-3-9-20(4-2)15-8-7-13(10-18-15)16(21)19-11-14(17)12-5-6-12;;/h7-8,10,12,14H,3-6,9,11,17H2,1-2H3,(H,19,21);2*1H. The summed E-state index contributed by atoms with van der Waals surface area (Å²) < 4.78 is 0. The molecule has 0 spiro atoms. The first-order chi connectivity index (χ1) is 10.2. The molecule has 1 heterocycles. The van der Waals surface area contributed by atoms with E-state index < -0.39 is 0 Å². The zero-order valence-corrected chi connectivity index (χ0v) is 15.5. The highest BCUT2D eigenvalue weighted by atomic mass is 35.5. The van der Waals surface area contributed by atoms with Crippen molar-refractivity contribution in [2.24, 2.45) is 11.7 Å². The minimum absolute atomic E-state index is 0. The van der Waals surface area contributed by atoms with Crippen molar-refractivity contribution in [3.8, 4) is 0 Å². The molecule has 5 nitrogen and oxygen atoms in total. The molecule has 2 rings (SSSR count). The summed E-state index contributed by atoms with van der Waals surface area (Å²) in [5.41, 5.74) is 6.58. The van der Waals surface area contributed by atoms with Gasteiger partial charge in [-0.2, -0.15) is 0 Å². The monoisotopic (exact) mass is 362 g/mol. The number of pyridine rings is 1. The molecular formula is C16H28Cl2N4O. The van der Waals surface area contributed by atoms with Crippen LogP contribution < -0.4 is 16.0 Å². The Morgan fingerprint density at radius 3 is 2.57 bits per heavy atom. The van der Waals surface area contributed by atoms with Crippen LogP contribution in [-0.2, 0) is 0 Å². The molecule has 7 heteroatoms. The number of nitrogens with zero attached hydrogens (tertiary/aromatic N) is 2. The number of hydrogen-bond donors (Lipinski definition) is 2. The van der Waals surface area contributed by atoms with Crippen LogP contribution in [-0.4, -0.2) is 36.6 Å². The lowest BCUT2D eigenvalue weighted by Gasteiger charge is -2.21. The number of nitrogens with two attached hydrogens (primary N) is 1. The first-order valence-corrected chi connectivity index (χ1v) is 7.90. The molecule has 3 N–H and O–H groups in total. The van der Waals surface area contributed by atoms with Crippen LogP contribution >= 0.6 is 24.8 Å². The molecule has 23 heavy (non-hydrogen) atoms. The molecule has 0 bridgehead atoms. The van der Waals surface area contributed by atoms with Gasteiger partial charge in [-0.15, -0.1) is 24.8 Å². The Morgan fingerprint density at radius 2 is 2.09 bits per heavy atom. The summed E-state index contributed by atoms with van der Waals surface area (Å²) in [4.78, 5) is 18.6. The number of halogens is 2. The Hall–Kier alpha value is -1.04. The van der Waals surface area contributed by atoms with Crippen molar-refractivity contribution in [3.05, 3.63) is 23.9 Å². The molecule has 1 saturated carbocycles. The van der Waals surface area contributed by atoms with E-state index in [1.54, 1.807) is 6.20 Å². The van der Waals surface area contributed by atoms with Gasteiger partial charge < -0.3 is 16.0 Å². The van der Waals surface area contributed by atoms with Crippen molar-refractivity contribution in [3.63, 3.8) is 0 Å². The number of aromatic nitrogens is 1. The van der Waals surface area contributed by atoms with Gasteiger partial charge in [0.05, 0.1) is 5.56 Å². The van der Waals surface area contributed by atoms with Gasteiger partial charge in [0.2, 0.25) is 0 Å². The van der Waals surface area contributed by atoms with Crippen molar-refractivity contribution in [2.75, 3.05) is 24.5 Å². The van der Waals surface area contributed by atoms with Gasteiger partial charge in [0, 0.05) is 31.9 Å². The summed E-state index contributed by atoms with van der Waals surface area (Å²) in [5.74, 6) is 1.42. The lowest BCUT2D eigenvalue weighted by atomic mass is 10.2. The van der Waals surface area contributed by atoms with Gasteiger partial charge in [-0.1, -0.05) is 6.92 Å². The second kappa shape index (κ2) is 10.7. The van der Waals surface area contributed by atoms with Crippen LogP contribution in [0.4, 0.5) is 5.82 Å². The first-order valence-electron chi connectivity index (χ1n) is 7.90. The SMILES string of the molecule is CCCN(CC)c1ccc(C(=O)NCC(N)C2CC2)cn1.Cl.Cl. The summed E-state index contributed by atoms with van der Waals surface area (Å²) >= 11 is 0. The summed E-state index contributed by atoms with van der Waals surface area (Å²) in [6.07, 6.45) is 5.11. The maximum Gasteiger partial charge on any atom is 0.252 e. The number of carbonyl (C=O) groups excluding carboxylic acids is 1. The van der Waals surface area contributed by atoms with Crippen LogP contribution in [0.1, 0.15) is 43.5 Å². The molecule has 0 saturated heterocycles. The highest BCUT2D eigenvalue weighted by molar-refractivity contribution is 5.94. The lowest BCUT2D eigenvalue weighted by Crippen LogP contribution is -2.38. The van der Waals surface area contributed by atoms with Gasteiger partial charge in [0.1, 0.15) is 5.82 Å². The zero-order chi connectivity index (χ0) is 15.2. The van der Waals surface area contributed by atoms with Crippen molar-refractivity contribution < 1.29 is 4.79 Å². The molecule has 1 fully saturated rings. The van der Waals surface area contributed by atoms with Crippen LogP contribution in [0.2, 0.25) is 0 Å². The minimum atomic E-state index is -0.0938. The predicted molar refractivity (Wildman–Crippen MR) is 99.9 cm³/mol. The maximum atomic E-state index is 12.0. The van der Waals surface area contributed by atoms with E-state index >= 15 is 0 Å². The van der Waals surface area contributed by atoms with Gasteiger partial charge in [-0.25, -0.2) is 4.98 Å². The van der Waals surface area contributed by atoms with Gasteiger partial charge >= 0.3 is 0 Å². The third-order valence-electron chi connectivity index (χ3n) is 3.94. The summed E-state index contributed by atoms with van der Waals surface area (Å²) in [5, 5.41) is 2.89. The average Bonchev–Trinajstić information content (AvgIpc) is 3.35. The fourth-order valence-corrected chi connectivity index (χ4v) is 2.42. The molecule has 0 aliphatic heterocycles. The van der Waals surface area contributed by atoms with E-state index in [0.717, 1.165) is 25.3 Å². The number of rotatable bonds is 8. The van der Waals surface area contributed by atoms with Gasteiger partial charge in [-0.3, -0.25) is 4.79 Å². The molecule has 1 unspecified atom stereocenters. The Labute approximate surface area is 151 Å². The van der Waals surface area contributed by atoms with Gasteiger partial charge in [0.25, 0.3) is 5.91 Å². The van der Waals surface area contributed by atoms with E-state index in [4.69, 9.17) is 5.73 Å². The first kappa shape index (κ1) is 22.0. The van der Waals surface area contributed by atoms with Crippen molar-refractivity contribution in [2.45, 2.75) is 39.2 Å². The van der Waals surface area contributed by atoms with Gasteiger partial charge in [0.15, 0.2) is 0 Å². The van der Waals surface area contributed by atoms with Crippen LogP contribution in [0, 0.1) is 5.92 Å². The van der Waals surface area contributed by atoms with E-state index in [-0.39, 0.29) is 36.8 Å². The minimum Gasteiger partial charge on any atom is -0.357 e. The number of amides is 1. The highest BCUT2D eigenvalue weighted by Crippen LogP contribution is 2.31. The van der Waals surface area contributed by atoms with Crippen LogP contribution in [0.5, 0.6) is 0 Å². The third-order valence-corrected chi connectivity index (χ3v) is 3.94. The Kier molecular flexibility index (Phi) is 10.2. The number of hydrogen-bond acceptors (Lipinski definition) is 4. The maximum absolute atomic E-state index is 12.0. The fraction of sp³-hybridized carbons (Fsp3) is 0.625. The van der Waals surface area contributed by atoms with Crippen LogP contribution in [0.25, 0.3) is 0 Å². The van der Waals surface area contributed by atoms with Gasteiger partial charge in [-0.05, 0) is 44.2 Å². The summed E-state index contributed by atoms with van der Waals surface area (Å²) in [6, 6.07) is 3.83. The third kappa shape index (κ3) is 6.53. The summed E-state index contributed by atoms with van der Waals surface area (Å²) in [7, 11) is 0. The average molecular weight is 363 g/mol. The van der Waals surface area contributed by atoms with Crippen molar-refractivity contribution in [1.29, 1.82) is 0 Å². The molecular weight excluding hydrogens is 335 g/mol. The van der Waals surface area contributed by atoms with E-state index in [1.807, 2.05) is 12.1 Å². The summed E-state index contributed by atoms with van der Waals surface area (Å²) in [6.45, 7) is 6.70. The van der Waals surface area contributed by atoms with Crippen molar-refractivity contribution >= 4 is 36.5 Å². The second-order valence-electron chi connectivity index (χ2n) is 5.70. The topological polar surface area (TPSA) is 71.2 Å². The number of carbonyl (C=O) groups is 1. The Morgan fingerprint density at radius 1 is 1.39 bits per heavy atom. The van der Waals surface area contributed by atoms with Crippen molar-refractivity contribution in [1.82, 2.24) is 10.3 Å².